The number of hydrogen-bond donors (Lipinski definition) is 2. The molecule has 0 saturated carbocycles. The van der Waals surface area contributed by atoms with Crippen molar-refractivity contribution in [1.29, 1.82) is 0 Å². The maximum absolute atomic E-state index is 12.3. The van der Waals surface area contributed by atoms with Gasteiger partial charge in [0.25, 0.3) is 0 Å². The van der Waals surface area contributed by atoms with E-state index in [0.717, 1.165) is 36.4 Å². The average molecular weight is 265 g/mol. The zero-order chi connectivity index (χ0) is 14.0. The quantitative estimate of drug-likeness (QED) is 0.875. The summed E-state index contributed by atoms with van der Waals surface area (Å²) in [6.07, 6.45) is 2.25. The maximum Gasteiger partial charge on any atom is 0.237 e. The first-order valence-electron chi connectivity index (χ1n) is 6.97. The molecule has 106 valence electrons. The highest BCUT2D eigenvalue weighted by molar-refractivity contribution is 5.82. The molecule has 0 spiro atoms. The molecule has 5 nitrogen and oxygen atoms in total. The highest BCUT2D eigenvalue weighted by atomic mass is 16.5. The highest BCUT2D eigenvalue weighted by Crippen LogP contribution is 2.22. The molecule has 19 heavy (non-hydrogen) atoms. The summed E-state index contributed by atoms with van der Waals surface area (Å²) in [5, 5.41) is 10.3. The van der Waals surface area contributed by atoms with Gasteiger partial charge in [0.15, 0.2) is 0 Å². The molecular formula is C14H23N3O2. The van der Waals surface area contributed by atoms with E-state index in [1.807, 2.05) is 20.8 Å². The molecule has 1 saturated heterocycles. The van der Waals surface area contributed by atoms with E-state index in [4.69, 9.17) is 4.52 Å². The molecule has 1 amide bonds. The van der Waals surface area contributed by atoms with Gasteiger partial charge in [-0.1, -0.05) is 12.1 Å². The first kappa shape index (κ1) is 14.1. The van der Waals surface area contributed by atoms with E-state index < -0.39 is 0 Å². The normalized spacial score (nSPS) is 25.1. The van der Waals surface area contributed by atoms with Gasteiger partial charge in [-0.05, 0) is 46.1 Å². The Bertz CT molecular complexity index is 436. The van der Waals surface area contributed by atoms with Gasteiger partial charge in [-0.15, -0.1) is 0 Å². The smallest absolute Gasteiger partial charge is 0.237 e. The number of hydrogen-bond acceptors (Lipinski definition) is 4. The van der Waals surface area contributed by atoms with Crippen LogP contribution in [-0.4, -0.2) is 23.7 Å². The van der Waals surface area contributed by atoms with Crippen molar-refractivity contribution >= 4 is 5.91 Å². The predicted molar refractivity (Wildman–Crippen MR) is 72.7 cm³/mol. The van der Waals surface area contributed by atoms with E-state index in [2.05, 4.69) is 22.7 Å². The van der Waals surface area contributed by atoms with Crippen LogP contribution in [0.2, 0.25) is 0 Å². The third kappa shape index (κ3) is 2.97. The van der Waals surface area contributed by atoms with Gasteiger partial charge in [-0.3, -0.25) is 4.79 Å². The van der Waals surface area contributed by atoms with E-state index in [-0.39, 0.29) is 18.0 Å². The van der Waals surface area contributed by atoms with Gasteiger partial charge in [0.2, 0.25) is 5.91 Å². The van der Waals surface area contributed by atoms with Crippen molar-refractivity contribution in [2.45, 2.75) is 52.6 Å². The Morgan fingerprint density at radius 3 is 2.84 bits per heavy atom. The first-order chi connectivity index (χ1) is 9.00. The second-order valence-electron chi connectivity index (χ2n) is 5.52. The van der Waals surface area contributed by atoms with Crippen molar-refractivity contribution in [1.82, 2.24) is 15.8 Å². The molecule has 1 aliphatic rings. The third-order valence-corrected chi connectivity index (χ3v) is 3.93. The number of carbonyl (C=O) groups excluding carboxylic acids is 1. The van der Waals surface area contributed by atoms with Crippen molar-refractivity contribution < 1.29 is 9.32 Å². The van der Waals surface area contributed by atoms with Gasteiger partial charge in [0, 0.05) is 5.56 Å². The fraction of sp³-hybridized carbons (Fsp3) is 0.714. The highest BCUT2D eigenvalue weighted by Gasteiger charge is 2.29. The molecule has 0 bridgehead atoms. The van der Waals surface area contributed by atoms with Gasteiger partial charge < -0.3 is 15.2 Å². The molecule has 2 rings (SSSR count). The van der Waals surface area contributed by atoms with E-state index in [1.54, 1.807) is 0 Å². The van der Waals surface area contributed by atoms with Crippen molar-refractivity contribution in [2.75, 3.05) is 6.54 Å². The fourth-order valence-corrected chi connectivity index (χ4v) is 2.88. The summed E-state index contributed by atoms with van der Waals surface area (Å²) in [5.41, 5.74) is 1.83. The van der Waals surface area contributed by atoms with E-state index in [1.165, 1.54) is 0 Å². The summed E-state index contributed by atoms with van der Waals surface area (Å²) in [4.78, 5) is 12.3. The van der Waals surface area contributed by atoms with Gasteiger partial charge in [-0.2, -0.15) is 0 Å². The molecule has 3 atom stereocenters. The van der Waals surface area contributed by atoms with Crippen molar-refractivity contribution in [3.05, 3.63) is 17.0 Å². The molecular weight excluding hydrogens is 242 g/mol. The van der Waals surface area contributed by atoms with Crippen LogP contribution in [0.3, 0.4) is 0 Å². The van der Waals surface area contributed by atoms with Crippen molar-refractivity contribution in [3.63, 3.8) is 0 Å². The Hall–Kier alpha value is -1.36. The summed E-state index contributed by atoms with van der Waals surface area (Å²) < 4.78 is 5.15. The SMILES string of the molecule is Cc1noc(C)c1C(C)NC(=O)C1NCCCC1C. The molecule has 2 N–H and O–H groups in total. The van der Waals surface area contributed by atoms with Crippen LogP contribution >= 0.6 is 0 Å². The largest absolute Gasteiger partial charge is 0.361 e. The van der Waals surface area contributed by atoms with E-state index in [0.29, 0.717) is 5.92 Å². The molecule has 3 unspecified atom stereocenters. The summed E-state index contributed by atoms with van der Waals surface area (Å²) in [7, 11) is 0. The molecule has 0 radical (unpaired) electrons. The molecule has 1 fully saturated rings. The number of piperidine rings is 1. The van der Waals surface area contributed by atoms with Crippen LogP contribution in [-0.2, 0) is 4.79 Å². The minimum absolute atomic E-state index is 0.0692. The zero-order valence-corrected chi connectivity index (χ0v) is 12.1. The van der Waals surface area contributed by atoms with Crippen molar-refractivity contribution in [2.24, 2.45) is 5.92 Å². The second-order valence-corrected chi connectivity index (χ2v) is 5.52. The molecule has 1 aromatic heterocycles. The predicted octanol–water partition coefficient (Wildman–Crippen LogP) is 1.86. The van der Waals surface area contributed by atoms with Crippen LogP contribution in [0.4, 0.5) is 0 Å². The van der Waals surface area contributed by atoms with E-state index in [9.17, 15) is 4.79 Å². The molecule has 0 aromatic carbocycles. The summed E-state index contributed by atoms with van der Waals surface area (Å²) in [5.74, 6) is 1.22. The Morgan fingerprint density at radius 2 is 2.26 bits per heavy atom. The van der Waals surface area contributed by atoms with Gasteiger partial charge in [0.05, 0.1) is 17.8 Å². The number of rotatable bonds is 3. The van der Waals surface area contributed by atoms with E-state index >= 15 is 0 Å². The topological polar surface area (TPSA) is 67.2 Å². The lowest BCUT2D eigenvalue weighted by Crippen LogP contribution is -2.51. The monoisotopic (exact) mass is 265 g/mol. The number of nitrogens with one attached hydrogen (secondary N) is 2. The Kier molecular flexibility index (Phi) is 4.24. The molecule has 1 aromatic rings. The molecule has 1 aliphatic heterocycles. The Balaban J connectivity index is 2.02. The fourth-order valence-electron chi connectivity index (χ4n) is 2.88. The second kappa shape index (κ2) is 5.74. The van der Waals surface area contributed by atoms with Gasteiger partial charge in [0.1, 0.15) is 5.76 Å². The van der Waals surface area contributed by atoms with Gasteiger partial charge >= 0.3 is 0 Å². The maximum atomic E-state index is 12.3. The van der Waals surface area contributed by atoms with Crippen molar-refractivity contribution in [3.8, 4) is 0 Å². The Morgan fingerprint density at radius 1 is 1.53 bits per heavy atom. The average Bonchev–Trinajstić information content (AvgIpc) is 2.69. The number of nitrogens with zero attached hydrogens (tertiary/aromatic N) is 1. The summed E-state index contributed by atoms with van der Waals surface area (Å²) in [6.45, 7) is 8.78. The van der Waals surface area contributed by atoms with Crippen LogP contribution in [0.25, 0.3) is 0 Å². The zero-order valence-electron chi connectivity index (χ0n) is 12.1. The van der Waals surface area contributed by atoms with Gasteiger partial charge in [-0.25, -0.2) is 0 Å². The minimum Gasteiger partial charge on any atom is -0.361 e. The van der Waals surface area contributed by atoms with Crippen LogP contribution in [0.5, 0.6) is 0 Å². The number of aromatic nitrogens is 1. The van der Waals surface area contributed by atoms with Crippen LogP contribution < -0.4 is 10.6 Å². The van der Waals surface area contributed by atoms with Crippen LogP contribution in [0, 0.1) is 19.8 Å². The third-order valence-electron chi connectivity index (χ3n) is 3.93. The molecule has 5 heteroatoms. The Labute approximate surface area is 114 Å². The summed E-state index contributed by atoms with van der Waals surface area (Å²) >= 11 is 0. The first-order valence-corrected chi connectivity index (χ1v) is 6.97. The molecule has 0 aliphatic carbocycles. The summed E-state index contributed by atoms with van der Waals surface area (Å²) in [6, 6.07) is -0.161. The minimum atomic E-state index is -0.0864. The van der Waals surface area contributed by atoms with Crippen LogP contribution in [0.15, 0.2) is 4.52 Å². The number of carbonyl (C=O) groups is 1. The van der Waals surface area contributed by atoms with Crippen LogP contribution in [0.1, 0.15) is 49.7 Å². The lowest BCUT2D eigenvalue weighted by Gasteiger charge is -2.30. The number of amides is 1. The number of aryl methyl sites for hydroxylation is 2. The lowest BCUT2D eigenvalue weighted by molar-refractivity contribution is -0.125. The molecule has 2 heterocycles. The standard InChI is InChI=1S/C14H23N3O2/c1-8-6-5-7-15-13(8)14(18)16-9(2)12-10(3)17-19-11(12)4/h8-9,13,15H,5-7H2,1-4H3,(H,16,18). The lowest BCUT2D eigenvalue weighted by atomic mass is 9.92.